The molecule has 18 heavy (non-hydrogen) atoms. The zero-order valence-corrected chi connectivity index (χ0v) is 11.7. The zero-order chi connectivity index (χ0) is 13.0. The van der Waals surface area contributed by atoms with Gasteiger partial charge in [-0.25, -0.2) is 4.79 Å². The van der Waals surface area contributed by atoms with Crippen molar-refractivity contribution in [3.8, 4) is 11.5 Å². The first kappa shape index (κ1) is 16.5. The zero-order valence-electron chi connectivity index (χ0n) is 10.9. The third-order valence-corrected chi connectivity index (χ3v) is 2.45. The first-order chi connectivity index (χ1) is 8.04. The van der Waals surface area contributed by atoms with Gasteiger partial charge in [0.1, 0.15) is 17.5 Å². The second-order valence-corrected chi connectivity index (χ2v) is 3.58. The molecule has 0 saturated heterocycles. The van der Waals surface area contributed by atoms with Crippen LogP contribution in [0.4, 0.5) is 0 Å². The van der Waals surface area contributed by atoms with Gasteiger partial charge in [0, 0.05) is 0 Å². The van der Waals surface area contributed by atoms with Crippen molar-refractivity contribution in [1.29, 1.82) is 0 Å². The topological polar surface area (TPSA) is 70.8 Å². The molecule has 0 spiro atoms. The van der Waals surface area contributed by atoms with Crippen LogP contribution in [0, 0.1) is 6.92 Å². The number of aryl methyl sites for hydroxylation is 1. The molecule has 1 atom stereocenters. The van der Waals surface area contributed by atoms with Gasteiger partial charge in [-0.15, -0.1) is 12.4 Å². The highest BCUT2D eigenvalue weighted by Crippen LogP contribution is 2.34. The normalized spacial score (nSPS) is 11.2. The molecule has 0 fully saturated rings. The molecule has 5 nitrogen and oxygen atoms in total. The number of hydrogen-bond acceptors (Lipinski definition) is 5. The van der Waals surface area contributed by atoms with Gasteiger partial charge >= 0.3 is 5.97 Å². The van der Waals surface area contributed by atoms with E-state index in [1.54, 1.807) is 12.1 Å². The molecule has 0 heterocycles. The van der Waals surface area contributed by atoms with Crippen LogP contribution < -0.4 is 15.2 Å². The Labute approximate surface area is 113 Å². The maximum absolute atomic E-state index is 11.5. The largest absolute Gasteiger partial charge is 0.496 e. The summed E-state index contributed by atoms with van der Waals surface area (Å²) < 4.78 is 15.1. The van der Waals surface area contributed by atoms with Crippen LogP contribution in [0.15, 0.2) is 12.1 Å². The van der Waals surface area contributed by atoms with E-state index in [0.29, 0.717) is 17.1 Å². The Bertz CT molecular complexity index is 398. The van der Waals surface area contributed by atoms with Crippen molar-refractivity contribution in [3.05, 3.63) is 23.3 Å². The predicted octanol–water partition coefficient (Wildman–Crippen LogP) is 1.61. The van der Waals surface area contributed by atoms with Crippen LogP contribution in [0.1, 0.15) is 17.2 Å². The molecule has 0 bridgehead atoms. The molecule has 0 amide bonds. The molecule has 0 aliphatic heterocycles. The Morgan fingerprint density at radius 2 is 1.61 bits per heavy atom. The molecule has 0 radical (unpaired) electrons. The molecule has 0 saturated carbocycles. The summed E-state index contributed by atoms with van der Waals surface area (Å²) in [5.74, 6) is 0.491. The average molecular weight is 276 g/mol. The van der Waals surface area contributed by atoms with E-state index in [-0.39, 0.29) is 12.4 Å². The molecule has 2 N–H and O–H groups in total. The molecular weight excluding hydrogens is 258 g/mol. The van der Waals surface area contributed by atoms with E-state index in [4.69, 9.17) is 15.2 Å². The maximum atomic E-state index is 11.5. The number of halogens is 1. The smallest absolute Gasteiger partial charge is 0.327 e. The van der Waals surface area contributed by atoms with Crippen LogP contribution >= 0.6 is 12.4 Å². The number of carbonyl (C=O) groups is 1. The summed E-state index contributed by atoms with van der Waals surface area (Å²) >= 11 is 0. The molecular formula is C12H18ClNO4. The van der Waals surface area contributed by atoms with Gasteiger partial charge < -0.3 is 19.9 Å². The Morgan fingerprint density at radius 1 is 1.17 bits per heavy atom. The highest BCUT2D eigenvalue weighted by Gasteiger charge is 2.25. The fourth-order valence-corrected chi connectivity index (χ4v) is 1.62. The minimum atomic E-state index is -0.925. The highest BCUT2D eigenvalue weighted by atomic mass is 35.5. The van der Waals surface area contributed by atoms with Gasteiger partial charge in [-0.1, -0.05) is 0 Å². The van der Waals surface area contributed by atoms with E-state index in [1.807, 2.05) is 6.92 Å². The van der Waals surface area contributed by atoms with Gasteiger partial charge in [0.25, 0.3) is 0 Å². The third-order valence-electron chi connectivity index (χ3n) is 2.45. The second kappa shape index (κ2) is 7.08. The minimum Gasteiger partial charge on any atom is -0.496 e. The molecule has 102 valence electrons. The first-order valence-corrected chi connectivity index (χ1v) is 5.11. The van der Waals surface area contributed by atoms with Crippen molar-refractivity contribution in [2.24, 2.45) is 5.73 Å². The van der Waals surface area contributed by atoms with Gasteiger partial charge in [0.2, 0.25) is 0 Å². The lowest BCUT2D eigenvalue weighted by Crippen LogP contribution is -2.24. The lowest BCUT2D eigenvalue weighted by molar-refractivity contribution is -0.142. The standard InChI is InChI=1S/C12H17NO4.ClH/c1-7-5-8(15-2)10(9(6-7)16-3)11(13)12(14)17-4;/h5-6,11H,13H2,1-4H3;1H/t11-;/m1./s1. The quantitative estimate of drug-likeness (QED) is 0.845. The van der Waals surface area contributed by atoms with Crippen molar-refractivity contribution in [2.45, 2.75) is 13.0 Å². The number of esters is 1. The van der Waals surface area contributed by atoms with Crippen LogP contribution in [0.5, 0.6) is 11.5 Å². The number of carbonyl (C=O) groups excluding carboxylic acids is 1. The summed E-state index contributed by atoms with van der Waals surface area (Å²) in [7, 11) is 4.32. The van der Waals surface area contributed by atoms with E-state index in [2.05, 4.69) is 4.74 Å². The molecule has 0 aliphatic rings. The number of ether oxygens (including phenoxy) is 3. The molecule has 1 rings (SSSR count). The number of methoxy groups -OCH3 is 3. The van der Waals surface area contributed by atoms with E-state index in [9.17, 15) is 4.79 Å². The lowest BCUT2D eigenvalue weighted by atomic mass is 10.0. The van der Waals surface area contributed by atoms with Crippen LogP contribution in [-0.2, 0) is 9.53 Å². The summed E-state index contributed by atoms with van der Waals surface area (Å²) in [5.41, 5.74) is 7.27. The van der Waals surface area contributed by atoms with E-state index in [1.165, 1.54) is 21.3 Å². The van der Waals surface area contributed by atoms with Crippen molar-refractivity contribution in [3.63, 3.8) is 0 Å². The fraction of sp³-hybridized carbons (Fsp3) is 0.417. The van der Waals surface area contributed by atoms with Crippen LogP contribution in [0.25, 0.3) is 0 Å². The van der Waals surface area contributed by atoms with Crippen LogP contribution in [-0.4, -0.2) is 27.3 Å². The number of benzene rings is 1. The summed E-state index contributed by atoms with van der Waals surface area (Å²) in [6.45, 7) is 1.90. The van der Waals surface area contributed by atoms with Gasteiger partial charge in [-0.05, 0) is 24.6 Å². The van der Waals surface area contributed by atoms with E-state index < -0.39 is 12.0 Å². The summed E-state index contributed by atoms with van der Waals surface area (Å²) in [6, 6.07) is 2.66. The summed E-state index contributed by atoms with van der Waals surface area (Å²) in [4.78, 5) is 11.5. The molecule has 0 aromatic heterocycles. The Morgan fingerprint density at radius 3 is 1.94 bits per heavy atom. The average Bonchev–Trinajstić information content (AvgIpc) is 2.35. The van der Waals surface area contributed by atoms with Crippen molar-refractivity contribution in [2.75, 3.05) is 21.3 Å². The molecule has 0 aliphatic carbocycles. The monoisotopic (exact) mass is 275 g/mol. The van der Waals surface area contributed by atoms with Crippen molar-refractivity contribution >= 4 is 18.4 Å². The summed E-state index contributed by atoms with van der Waals surface area (Å²) in [6.07, 6.45) is 0. The predicted molar refractivity (Wildman–Crippen MR) is 70.5 cm³/mol. The maximum Gasteiger partial charge on any atom is 0.327 e. The van der Waals surface area contributed by atoms with Crippen LogP contribution in [0.3, 0.4) is 0 Å². The number of rotatable bonds is 4. The minimum absolute atomic E-state index is 0. The Balaban J connectivity index is 0.00000289. The second-order valence-electron chi connectivity index (χ2n) is 3.58. The molecule has 6 heteroatoms. The molecule has 0 unspecified atom stereocenters. The lowest BCUT2D eigenvalue weighted by Gasteiger charge is -2.18. The Hall–Kier alpha value is -1.46. The number of nitrogens with two attached hydrogens (primary N) is 1. The number of hydrogen-bond donors (Lipinski definition) is 1. The van der Waals surface area contributed by atoms with Crippen molar-refractivity contribution < 1.29 is 19.0 Å². The van der Waals surface area contributed by atoms with Gasteiger partial charge in [-0.3, -0.25) is 0 Å². The fourth-order valence-electron chi connectivity index (χ4n) is 1.62. The SMILES string of the molecule is COC(=O)[C@H](N)c1c(OC)cc(C)cc1OC.Cl. The first-order valence-electron chi connectivity index (χ1n) is 5.11. The highest BCUT2D eigenvalue weighted by molar-refractivity contribution is 5.85. The van der Waals surface area contributed by atoms with Crippen molar-refractivity contribution in [1.82, 2.24) is 0 Å². The third kappa shape index (κ3) is 3.27. The molecule has 1 aromatic rings. The van der Waals surface area contributed by atoms with E-state index >= 15 is 0 Å². The van der Waals surface area contributed by atoms with Gasteiger partial charge in [0.05, 0.1) is 26.9 Å². The van der Waals surface area contributed by atoms with Gasteiger partial charge in [-0.2, -0.15) is 0 Å². The van der Waals surface area contributed by atoms with Crippen LogP contribution in [0.2, 0.25) is 0 Å². The molecule has 1 aromatic carbocycles. The Kier molecular flexibility index (Phi) is 6.51. The van der Waals surface area contributed by atoms with Gasteiger partial charge in [0.15, 0.2) is 0 Å². The van der Waals surface area contributed by atoms with E-state index in [0.717, 1.165) is 5.56 Å². The summed E-state index contributed by atoms with van der Waals surface area (Å²) in [5, 5.41) is 0.